The highest BCUT2D eigenvalue weighted by molar-refractivity contribution is 5.85. The van der Waals surface area contributed by atoms with Crippen molar-refractivity contribution in [3.63, 3.8) is 0 Å². The number of aromatic nitrogens is 2. The van der Waals surface area contributed by atoms with Gasteiger partial charge in [-0.1, -0.05) is 19.0 Å². The van der Waals surface area contributed by atoms with Gasteiger partial charge in [0, 0.05) is 26.1 Å². The lowest BCUT2D eigenvalue weighted by molar-refractivity contribution is -0.135. The van der Waals surface area contributed by atoms with E-state index in [1.54, 1.807) is 4.90 Å². The van der Waals surface area contributed by atoms with Crippen LogP contribution in [0.2, 0.25) is 0 Å². The van der Waals surface area contributed by atoms with E-state index < -0.39 is 0 Å². The zero-order valence-electron chi connectivity index (χ0n) is 14.1. The fourth-order valence-electron chi connectivity index (χ4n) is 2.41. The zero-order chi connectivity index (χ0) is 15.9. The number of morpholine rings is 1. The summed E-state index contributed by atoms with van der Waals surface area (Å²) in [5, 5.41) is 7.20. The molecular weight excluding hydrogens is 320 g/mol. The Hall–Kier alpha value is -1.18. The van der Waals surface area contributed by atoms with Crippen LogP contribution in [0.4, 0.5) is 0 Å². The summed E-state index contributed by atoms with van der Waals surface area (Å²) >= 11 is 0. The van der Waals surface area contributed by atoms with Gasteiger partial charge in [-0.3, -0.25) is 4.79 Å². The maximum Gasteiger partial charge on any atom is 0.226 e. The first-order chi connectivity index (χ1) is 10.6. The summed E-state index contributed by atoms with van der Waals surface area (Å²) in [6.07, 6.45) is 1.10. The summed E-state index contributed by atoms with van der Waals surface area (Å²) in [4.78, 5) is 18.5. The van der Waals surface area contributed by atoms with Crippen molar-refractivity contribution in [1.29, 1.82) is 0 Å². The van der Waals surface area contributed by atoms with Crippen LogP contribution in [0.1, 0.15) is 38.9 Å². The van der Waals surface area contributed by atoms with Crippen molar-refractivity contribution < 1.29 is 14.1 Å². The molecule has 1 aliphatic rings. The van der Waals surface area contributed by atoms with Gasteiger partial charge in [0.1, 0.15) is 0 Å². The summed E-state index contributed by atoms with van der Waals surface area (Å²) in [5.74, 6) is 1.72. The number of hydrogen-bond acceptors (Lipinski definition) is 6. The van der Waals surface area contributed by atoms with E-state index in [9.17, 15) is 4.79 Å². The van der Waals surface area contributed by atoms with E-state index >= 15 is 0 Å². The van der Waals surface area contributed by atoms with Crippen molar-refractivity contribution in [2.24, 2.45) is 5.92 Å². The second-order valence-corrected chi connectivity index (χ2v) is 6.01. The van der Waals surface area contributed by atoms with Crippen LogP contribution >= 0.6 is 12.4 Å². The smallest absolute Gasteiger partial charge is 0.226 e. The Kier molecular flexibility index (Phi) is 8.51. The van der Waals surface area contributed by atoms with Crippen molar-refractivity contribution in [2.75, 3.05) is 26.2 Å². The van der Waals surface area contributed by atoms with Gasteiger partial charge in [-0.25, -0.2) is 0 Å². The lowest BCUT2D eigenvalue weighted by Crippen LogP contribution is -2.42. The van der Waals surface area contributed by atoms with E-state index in [4.69, 9.17) is 9.26 Å². The average molecular weight is 347 g/mol. The Bertz CT molecular complexity index is 475. The molecule has 1 fully saturated rings. The highest BCUT2D eigenvalue weighted by atomic mass is 35.5. The summed E-state index contributed by atoms with van der Waals surface area (Å²) in [5.41, 5.74) is 0. The molecule has 132 valence electrons. The average Bonchev–Trinajstić information content (AvgIpc) is 2.92. The number of rotatable bonds is 7. The minimum Gasteiger partial charge on any atom is -0.375 e. The number of nitrogens with zero attached hydrogens (tertiary/aromatic N) is 3. The molecule has 0 aliphatic carbocycles. The first-order valence-corrected chi connectivity index (χ1v) is 8.00. The molecule has 7 nitrogen and oxygen atoms in total. The van der Waals surface area contributed by atoms with E-state index in [1.165, 1.54) is 0 Å². The van der Waals surface area contributed by atoms with Crippen LogP contribution in [-0.4, -0.2) is 53.3 Å². The van der Waals surface area contributed by atoms with Crippen LogP contribution in [0.5, 0.6) is 0 Å². The molecule has 1 aromatic rings. The summed E-state index contributed by atoms with van der Waals surface area (Å²) in [7, 11) is 0. The molecule has 0 spiro atoms. The second kappa shape index (κ2) is 9.85. The number of hydrogen-bond donors (Lipinski definition) is 1. The van der Waals surface area contributed by atoms with Crippen molar-refractivity contribution in [2.45, 2.75) is 46.3 Å². The highest BCUT2D eigenvalue weighted by Gasteiger charge is 2.22. The van der Waals surface area contributed by atoms with Crippen LogP contribution in [-0.2, 0) is 22.5 Å². The van der Waals surface area contributed by atoms with Crippen LogP contribution in [0.3, 0.4) is 0 Å². The van der Waals surface area contributed by atoms with Gasteiger partial charge in [0.05, 0.1) is 25.7 Å². The van der Waals surface area contributed by atoms with Gasteiger partial charge in [0.25, 0.3) is 0 Å². The second-order valence-electron chi connectivity index (χ2n) is 6.01. The quantitative estimate of drug-likeness (QED) is 0.804. The molecule has 0 saturated carbocycles. The van der Waals surface area contributed by atoms with Gasteiger partial charge < -0.3 is 19.5 Å². The molecule has 0 aromatic carbocycles. The van der Waals surface area contributed by atoms with Gasteiger partial charge in [-0.2, -0.15) is 4.98 Å². The van der Waals surface area contributed by atoms with E-state index in [0.29, 0.717) is 43.8 Å². The number of amides is 1. The Morgan fingerprint density at radius 1 is 1.48 bits per heavy atom. The largest absolute Gasteiger partial charge is 0.375 e. The first kappa shape index (κ1) is 19.9. The Morgan fingerprint density at radius 2 is 2.26 bits per heavy atom. The molecule has 1 saturated heterocycles. The fraction of sp³-hybridized carbons (Fsp3) is 0.800. The molecule has 1 atom stereocenters. The van der Waals surface area contributed by atoms with E-state index in [2.05, 4.69) is 29.3 Å². The molecule has 23 heavy (non-hydrogen) atoms. The molecule has 1 N–H and O–H groups in total. The fourth-order valence-corrected chi connectivity index (χ4v) is 2.41. The third kappa shape index (κ3) is 6.45. The van der Waals surface area contributed by atoms with E-state index in [-0.39, 0.29) is 24.4 Å². The predicted molar refractivity (Wildman–Crippen MR) is 88.4 cm³/mol. The molecule has 1 aliphatic heterocycles. The van der Waals surface area contributed by atoms with Gasteiger partial charge in [0.15, 0.2) is 5.82 Å². The van der Waals surface area contributed by atoms with Crippen molar-refractivity contribution in [1.82, 2.24) is 20.4 Å². The molecule has 0 radical (unpaired) electrons. The van der Waals surface area contributed by atoms with Gasteiger partial charge in [0.2, 0.25) is 11.8 Å². The summed E-state index contributed by atoms with van der Waals surface area (Å²) < 4.78 is 10.8. The number of halogens is 1. The Labute approximate surface area is 143 Å². The van der Waals surface area contributed by atoms with Crippen molar-refractivity contribution in [3.8, 4) is 0 Å². The third-order valence-corrected chi connectivity index (χ3v) is 3.57. The SMILES string of the molecule is CCN(Cc1noc(CC(C)C)n1)C(=O)CC1CNCCO1.Cl. The summed E-state index contributed by atoms with van der Waals surface area (Å²) in [6, 6.07) is 0. The van der Waals surface area contributed by atoms with Crippen LogP contribution in [0.25, 0.3) is 0 Å². The van der Waals surface area contributed by atoms with Crippen LogP contribution in [0, 0.1) is 5.92 Å². The lowest BCUT2D eigenvalue weighted by Gasteiger charge is -2.26. The molecular formula is C15H27ClN4O3. The maximum atomic E-state index is 12.4. The van der Waals surface area contributed by atoms with Crippen LogP contribution < -0.4 is 5.32 Å². The molecule has 1 aromatic heterocycles. The Morgan fingerprint density at radius 3 is 2.87 bits per heavy atom. The predicted octanol–water partition coefficient (Wildman–Crippen LogP) is 1.42. The Balaban J connectivity index is 0.00000264. The molecule has 8 heteroatoms. The lowest BCUT2D eigenvalue weighted by atomic mass is 10.1. The van der Waals surface area contributed by atoms with Crippen molar-refractivity contribution in [3.05, 3.63) is 11.7 Å². The maximum absolute atomic E-state index is 12.4. The minimum atomic E-state index is -0.0444. The molecule has 2 rings (SSSR count). The zero-order valence-corrected chi connectivity index (χ0v) is 14.9. The first-order valence-electron chi connectivity index (χ1n) is 8.00. The third-order valence-electron chi connectivity index (χ3n) is 3.57. The summed E-state index contributed by atoms with van der Waals surface area (Å²) in [6.45, 7) is 9.40. The molecule has 1 unspecified atom stereocenters. The molecule has 1 amide bonds. The van der Waals surface area contributed by atoms with Crippen molar-refractivity contribution >= 4 is 18.3 Å². The standard InChI is InChI=1S/C15H26N4O3.ClH/c1-4-19(15(20)8-12-9-16-5-6-21-12)10-13-17-14(22-18-13)7-11(2)3;/h11-12,16H,4-10H2,1-3H3;1H. The number of ether oxygens (including phenoxy) is 1. The highest BCUT2D eigenvalue weighted by Crippen LogP contribution is 2.10. The number of carbonyl (C=O) groups is 1. The van der Waals surface area contributed by atoms with Gasteiger partial charge in [-0.15, -0.1) is 12.4 Å². The van der Waals surface area contributed by atoms with E-state index in [1.807, 2.05) is 6.92 Å². The van der Waals surface area contributed by atoms with Crippen LogP contribution in [0.15, 0.2) is 4.52 Å². The molecule has 0 bridgehead atoms. The normalized spacial score (nSPS) is 17.8. The number of carbonyl (C=O) groups excluding carboxylic acids is 1. The van der Waals surface area contributed by atoms with Gasteiger partial charge >= 0.3 is 0 Å². The van der Waals surface area contributed by atoms with E-state index in [0.717, 1.165) is 19.5 Å². The number of nitrogens with one attached hydrogen (secondary N) is 1. The van der Waals surface area contributed by atoms with Gasteiger partial charge in [-0.05, 0) is 12.8 Å². The topological polar surface area (TPSA) is 80.5 Å². The monoisotopic (exact) mass is 346 g/mol. The minimum absolute atomic E-state index is 0. The molecule has 2 heterocycles.